The summed E-state index contributed by atoms with van der Waals surface area (Å²) in [6.07, 6.45) is 2.48. The number of benzene rings is 2. The fraction of sp³-hybridized carbons (Fsp3) is 0.238. The number of carbonyl (C=O) groups excluding carboxylic acids is 1. The molecule has 1 aromatic heterocycles. The summed E-state index contributed by atoms with van der Waals surface area (Å²) in [5.74, 6) is 1.53. The van der Waals surface area contributed by atoms with Crippen molar-refractivity contribution in [2.45, 2.75) is 6.42 Å². The molecule has 140 valence electrons. The monoisotopic (exact) mass is 365 g/mol. The first kappa shape index (κ1) is 18.5. The third kappa shape index (κ3) is 5.34. The van der Waals surface area contributed by atoms with Gasteiger partial charge in [0, 0.05) is 18.1 Å². The molecule has 3 aromatic rings. The van der Waals surface area contributed by atoms with E-state index in [-0.39, 0.29) is 6.03 Å². The second-order valence-corrected chi connectivity index (χ2v) is 5.96. The average Bonchev–Trinajstić information content (AvgIpc) is 2.71. The summed E-state index contributed by atoms with van der Waals surface area (Å²) in [5, 5.41) is 6.65. The van der Waals surface area contributed by atoms with Crippen LogP contribution in [0.1, 0.15) is 5.56 Å². The normalized spacial score (nSPS) is 10.4. The summed E-state index contributed by atoms with van der Waals surface area (Å²) >= 11 is 0. The fourth-order valence-corrected chi connectivity index (χ4v) is 2.73. The first-order chi connectivity index (χ1) is 13.3. The largest absolute Gasteiger partial charge is 0.497 e. The Morgan fingerprint density at radius 3 is 2.74 bits per heavy atom. The minimum absolute atomic E-state index is 0.211. The number of ether oxygens (including phenoxy) is 2. The van der Waals surface area contributed by atoms with E-state index in [0.29, 0.717) is 25.4 Å². The quantitative estimate of drug-likeness (QED) is 0.602. The van der Waals surface area contributed by atoms with Crippen LogP contribution in [0.5, 0.6) is 11.5 Å². The van der Waals surface area contributed by atoms with Gasteiger partial charge in [-0.05, 0) is 36.2 Å². The van der Waals surface area contributed by atoms with E-state index < -0.39 is 0 Å². The molecule has 0 spiro atoms. The van der Waals surface area contributed by atoms with E-state index in [1.165, 1.54) is 0 Å². The second-order valence-electron chi connectivity index (χ2n) is 5.96. The van der Waals surface area contributed by atoms with Gasteiger partial charge >= 0.3 is 6.03 Å². The molecule has 2 aromatic carbocycles. The highest BCUT2D eigenvalue weighted by Gasteiger charge is 2.04. The number of nitrogens with one attached hydrogen (secondary N) is 2. The van der Waals surface area contributed by atoms with Crippen LogP contribution in [0.15, 0.2) is 60.8 Å². The smallest absolute Gasteiger partial charge is 0.314 e. The van der Waals surface area contributed by atoms with E-state index in [9.17, 15) is 4.79 Å². The summed E-state index contributed by atoms with van der Waals surface area (Å²) in [6, 6.07) is 17.3. The zero-order valence-corrected chi connectivity index (χ0v) is 15.3. The van der Waals surface area contributed by atoms with Gasteiger partial charge in [0.2, 0.25) is 0 Å². The van der Waals surface area contributed by atoms with E-state index in [1.54, 1.807) is 13.3 Å². The molecule has 0 atom stereocenters. The Kier molecular flexibility index (Phi) is 6.46. The van der Waals surface area contributed by atoms with Gasteiger partial charge in [0.25, 0.3) is 0 Å². The number of rotatable bonds is 8. The molecule has 0 saturated heterocycles. The Balaban J connectivity index is 1.37. The summed E-state index contributed by atoms with van der Waals surface area (Å²) in [4.78, 5) is 16.2. The maximum Gasteiger partial charge on any atom is 0.314 e. The van der Waals surface area contributed by atoms with Crippen molar-refractivity contribution in [3.8, 4) is 11.5 Å². The Hall–Kier alpha value is -3.28. The first-order valence-corrected chi connectivity index (χ1v) is 8.87. The lowest BCUT2D eigenvalue weighted by Crippen LogP contribution is -2.38. The van der Waals surface area contributed by atoms with Crippen LogP contribution in [0.25, 0.3) is 10.9 Å². The molecule has 3 rings (SSSR count). The number of aromatic nitrogens is 1. The molecule has 0 aliphatic rings. The molecule has 0 aliphatic carbocycles. The highest BCUT2D eigenvalue weighted by molar-refractivity contribution is 5.84. The SMILES string of the molecule is COc1cccc(CCNC(=O)NCCOc2cccc3cccnc23)c1. The van der Waals surface area contributed by atoms with E-state index in [2.05, 4.69) is 15.6 Å². The summed E-state index contributed by atoms with van der Waals surface area (Å²) in [7, 11) is 1.64. The first-order valence-electron chi connectivity index (χ1n) is 8.87. The summed E-state index contributed by atoms with van der Waals surface area (Å²) in [6.45, 7) is 1.33. The van der Waals surface area contributed by atoms with Crippen LogP contribution < -0.4 is 20.1 Å². The molecule has 0 saturated carbocycles. The van der Waals surface area contributed by atoms with Gasteiger partial charge in [-0.1, -0.05) is 30.3 Å². The molecule has 2 N–H and O–H groups in total. The Bertz CT molecular complexity index is 893. The Morgan fingerprint density at radius 1 is 1.04 bits per heavy atom. The van der Waals surface area contributed by atoms with Crippen LogP contribution in [0.2, 0.25) is 0 Å². The Morgan fingerprint density at radius 2 is 1.85 bits per heavy atom. The van der Waals surface area contributed by atoms with Crippen LogP contribution in [-0.4, -0.2) is 37.8 Å². The molecular formula is C21H23N3O3. The van der Waals surface area contributed by atoms with Gasteiger partial charge in [-0.3, -0.25) is 4.98 Å². The summed E-state index contributed by atoms with van der Waals surface area (Å²) in [5.41, 5.74) is 1.93. The number of urea groups is 1. The molecule has 0 unspecified atom stereocenters. The number of amides is 2. The van der Waals surface area contributed by atoms with Gasteiger partial charge in [0.05, 0.1) is 13.7 Å². The molecular weight excluding hydrogens is 342 g/mol. The van der Waals surface area contributed by atoms with Crippen LogP contribution in [0.4, 0.5) is 4.79 Å². The van der Waals surface area contributed by atoms with Crippen LogP contribution in [-0.2, 0) is 6.42 Å². The number of methoxy groups -OCH3 is 1. The minimum Gasteiger partial charge on any atom is -0.497 e. The fourth-order valence-electron chi connectivity index (χ4n) is 2.73. The van der Waals surface area contributed by atoms with Gasteiger partial charge in [0.15, 0.2) is 0 Å². The molecule has 0 fully saturated rings. The molecule has 1 heterocycles. The maximum absolute atomic E-state index is 11.9. The lowest BCUT2D eigenvalue weighted by atomic mass is 10.1. The van der Waals surface area contributed by atoms with Crippen molar-refractivity contribution in [1.29, 1.82) is 0 Å². The second kappa shape index (κ2) is 9.43. The average molecular weight is 365 g/mol. The van der Waals surface area contributed by atoms with Crippen LogP contribution >= 0.6 is 0 Å². The zero-order valence-electron chi connectivity index (χ0n) is 15.3. The highest BCUT2D eigenvalue weighted by atomic mass is 16.5. The number of hydrogen-bond acceptors (Lipinski definition) is 4. The highest BCUT2D eigenvalue weighted by Crippen LogP contribution is 2.22. The van der Waals surface area contributed by atoms with Crippen LogP contribution in [0, 0.1) is 0 Å². The Labute approximate surface area is 158 Å². The van der Waals surface area contributed by atoms with E-state index >= 15 is 0 Å². The standard InChI is InChI=1S/C21H23N3O3/c1-26-18-8-2-5-16(15-18)10-12-23-21(25)24-13-14-27-19-9-3-6-17-7-4-11-22-20(17)19/h2-9,11,15H,10,12-14H2,1H3,(H2,23,24,25). The van der Waals surface area contributed by atoms with Gasteiger partial charge in [-0.25, -0.2) is 4.79 Å². The van der Waals surface area contributed by atoms with Gasteiger partial charge in [-0.2, -0.15) is 0 Å². The topological polar surface area (TPSA) is 72.5 Å². The molecule has 0 bridgehead atoms. The van der Waals surface area contributed by atoms with Gasteiger partial charge < -0.3 is 20.1 Å². The van der Waals surface area contributed by atoms with Crippen molar-refractivity contribution in [3.63, 3.8) is 0 Å². The number of hydrogen-bond donors (Lipinski definition) is 2. The van der Waals surface area contributed by atoms with Crippen molar-refractivity contribution in [3.05, 3.63) is 66.4 Å². The number of nitrogens with zero attached hydrogens (tertiary/aromatic N) is 1. The minimum atomic E-state index is -0.211. The number of para-hydroxylation sites is 1. The predicted octanol–water partition coefficient (Wildman–Crippen LogP) is 3.16. The van der Waals surface area contributed by atoms with Crippen molar-refractivity contribution in [1.82, 2.24) is 15.6 Å². The van der Waals surface area contributed by atoms with E-state index in [1.807, 2.05) is 54.6 Å². The molecule has 6 nitrogen and oxygen atoms in total. The van der Waals surface area contributed by atoms with Crippen molar-refractivity contribution < 1.29 is 14.3 Å². The van der Waals surface area contributed by atoms with E-state index in [4.69, 9.17) is 9.47 Å². The van der Waals surface area contributed by atoms with Crippen molar-refractivity contribution in [2.75, 3.05) is 26.8 Å². The molecule has 0 aliphatic heterocycles. The van der Waals surface area contributed by atoms with Crippen molar-refractivity contribution in [2.24, 2.45) is 0 Å². The third-order valence-corrected chi connectivity index (χ3v) is 4.07. The van der Waals surface area contributed by atoms with Gasteiger partial charge in [-0.15, -0.1) is 0 Å². The molecule has 27 heavy (non-hydrogen) atoms. The predicted molar refractivity (Wildman–Crippen MR) is 105 cm³/mol. The molecule has 0 radical (unpaired) electrons. The van der Waals surface area contributed by atoms with Crippen LogP contribution in [0.3, 0.4) is 0 Å². The van der Waals surface area contributed by atoms with Crippen molar-refractivity contribution >= 4 is 16.9 Å². The van der Waals surface area contributed by atoms with E-state index in [0.717, 1.165) is 28.6 Å². The number of pyridine rings is 1. The summed E-state index contributed by atoms with van der Waals surface area (Å²) < 4.78 is 10.9. The lowest BCUT2D eigenvalue weighted by Gasteiger charge is -2.10. The molecule has 2 amide bonds. The van der Waals surface area contributed by atoms with Gasteiger partial charge in [0.1, 0.15) is 23.6 Å². The number of fused-ring (bicyclic) bond motifs is 1. The molecule has 6 heteroatoms. The zero-order chi connectivity index (χ0) is 18.9. The lowest BCUT2D eigenvalue weighted by molar-refractivity contribution is 0.237. The number of carbonyl (C=O) groups is 1. The maximum atomic E-state index is 11.9. The third-order valence-electron chi connectivity index (χ3n) is 4.07.